The first kappa shape index (κ1) is 14.8. The smallest absolute Gasteiger partial charge is 0.257 e. The van der Waals surface area contributed by atoms with Gasteiger partial charge >= 0.3 is 0 Å². The van der Waals surface area contributed by atoms with Gasteiger partial charge in [0.2, 0.25) is 5.88 Å². The molecule has 7 heteroatoms. The number of hydrogen-bond donors (Lipinski definition) is 2. The van der Waals surface area contributed by atoms with Crippen LogP contribution in [-0.4, -0.2) is 29.3 Å². The third-order valence-electron chi connectivity index (χ3n) is 3.44. The third kappa shape index (κ3) is 3.55. The molecule has 1 heterocycles. The van der Waals surface area contributed by atoms with Crippen LogP contribution in [0.1, 0.15) is 28.8 Å². The zero-order chi connectivity index (χ0) is 16.2. The van der Waals surface area contributed by atoms with Crippen LogP contribution in [0.5, 0.6) is 5.88 Å². The van der Waals surface area contributed by atoms with Crippen molar-refractivity contribution < 1.29 is 9.53 Å². The van der Waals surface area contributed by atoms with Gasteiger partial charge in [-0.3, -0.25) is 4.79 Å². The minimum absolute atomic E-state index is 0.272. The summed E-state index contributed by atoms with van der Waals surface area (Å²) in [6.45, 7) is 0. The third-order valence-corrected chi connectivity index (χ3v) is 3.44. The molecule has 1 saturated carbocycles. The van der Waals surface area contributed by atoms with E-state index in [1.807, 2.05) is 0 Å². The normalized spacial score (nSPS) is 13.0. The maximum absolute atomic E-state index is 12.4. The fourth-order valence-electron chi connectivity index (χ4n) is 2.06. The Morgan fingerprint density at radius 3 is 2.87 bits per heavy atom. The van der Waals surface area contributed by atoms with Gasteiger partial charge < -0.3 is 15.4 Å². The highest BCUT2D eigenvalue weighted by Gasteiger charge is 2.22. The van der Waals surface area contributed by atoms with Crippen LogP contribution in [0.2, 0.25) is 0 Å². The number of rotatable bonds is 5. The minimum Gasteiger partial charge on any atom is -0.480 e. The van der Waals surface area contributed by atoms with Gasteiger partial charge in [0.25, 0.3) is 5.91 Å². The molecule has 0 atom stereocenters. The van der Waals surface area contributed by atoms with Crippen molar-refractivity contribution in [1.29, 1.82) is 5.26 Å². The molecular formula is C16H15N5O2. The van der Waals surface area contributed by atoms with Gasteiger partial charge in [-0.25, -0.2) is 0 Å². The second kappa shape index (κ2) is 6.32. The predicted molar refractivity (Wildman–Crippen MR) is 84.3 cm³/mol. The molecule has 1 amide bonds. The molecule has 1 aliphatic carbocycles. The summed E-state index contributed by atoms with van der Waals surface area (Å²) < 4.78 is 4.97. The van der Waals surface area contributed by atoms with E-state index in [2.05, 4.69) is 26.9 Å². The molecule has 0 radical (unpaired) electrons. The van der Waals surface area contributed by atoms with Gasteiger partial charge in [0.15, 0.2) is 0 Å². The lowest BCUT2D eigenvalue weighted by Gasteiger charge is -2.13. The van der Waals surface area contributed by atoms with E-state index in [1.165, 1.54) is 19.4 Å². The second-order valence-electron chi connectivity index (χ2n) is 5.23. The largest absolute Gasteiger partial charge is 0.480 e. The van der Waals surface area contributed by atoms with Crippen molar-refractivity contribution in [1.82, 2.24) is 10.2 Å². The van der Waals surface area contributed by atoms with Gasteiger partial charge in [-0.2, -0.15) is 10.4 Å². The number of aromatic nitrogens is 2. The Kier molecular flexibility index (Phi) is 4.06. The number of ether oxygens (including phenoxy) is 1. The molecule has 0 spiro atoms. The fourth-order valence-corrected chi connectivity index (χ4v) is 2.06. The molecule has 0 aliphatic heterocycles. The highest BCUT2D eigenvalue weighted by molar-refractivity contribution is 6.05. The van der Waals surface area contributed by atoms with Crippen molar-refractivity contribution >= 4 is 17.3 Å². The lowest BCUT2D eigenvalue weighted by Crippen LogP contribution is -2.15. The van der Waals surface area contributed by atoms with Crippen LogP contribution in [0.15, 0.2) is 30.5 Å². The average Bonchev–Trinajstić information content (AvgIpc) is 3.40. The van der Waals surface area contributed by atoms with Gasteiger partial charge in [0, 0.05) is 12.1 Å². The Bertz CT molecular complexity index is 780. The van der Waals surface area contributed by atoms with E-state index in [4.69, 9.17) is 10.00 Å². The van der Waals surface area contributed by atoms with E-state index in [0.717, 1.165) is 18.5 Å². The van der Waals surface area contributed by atoms with Gasteiger partial charge in [0.05, 0.1) is 41.9 Å². The van der Waals surface area contributed by atoms with Crippen LogP contribution < -0.4 is 15.4 Å². The number of nitrogens with one attached hydrogen (secondary N) is 2. The molecule has 7 nitrogen and oxygen atoms in total. The summed E-state index contributed by atoms with van der Waals surface area (Å²) in [6.07, 6.45) is 3.56. The quantitative estimate of drug-likeness (QED) is 0.878. The Morgan fingerprint density at radius 1 is 1.35 bits per heavy atom. The van der Waals surface area contributed by atoms with E-state index in [0.29, 0.717) is 22.9 Å². The maximum Gasteiger partial charge on any atom is 0.257 e. The first-order valence-electron chi connectivity index (χ1n) is 7.18. The summed E-state index contributed by atoms with van der Waals surface area (Å²) >= 11 is 0. The Morgan fingerprint density at radius 2 is 2.17 bits per heavy atom. The summed E-state index contributed by atoms with van der Waals surface area (Å²) in [5.41, 5.74) is 2.25. The predicted octanol–water partition coefficient (Wildman–Crippen LogP) is 2.18. The molecule has 1 aliphatic rings. The highest BCUT2D eigenvalue weighted by atomic mass is 16.5. The minimum atomic E-state index is -0.318. The maximum atomic E-state index is 12.4. The first-order valence-corrected chi connectivity index (χ1v) is 7.18. The molecule has 1 aromatic heterocycles. The fraction of sp³-hybridized carbons (Fsp3) is 0.250. The first-order chi connectivity index (χ1) is 11.2. The molecule has 2 N–H and O–H groups in total. The van der Waals surface area contributed by atoms with Crippen LogP contribution in [0.25, 0.3) is 0 Å². The second-order valence-corrected chi connectivity index (χ2v) is 5.23. The van der Waals surface area contributed by atoms with Gasteiger partial charge in [-0.05, 0) is 31.0 Å². The van der Waals surface area contributed by atoms with E-state index >= 15 is 0 Å². The van der Waals surface area contributed by atoms with Crippen LogP contribution in [0.3, 0.4) is 0 Å². The van der Waals surface area contributed by atoms with E-state index in [-0.39, 0.29) is 11.8 Å². The molecule has 0 saturated heterocycles. The molecule has 23 heavy (non-hydrogen) atoms. The molecule has 0 unspecified atom stereocenters. The van der Waals surface area contributed by atoms with Crippen molar-refractivity contribution in [3.8, 4) is 11.9 Å². The summed E-state index contributed by atoms with van der Waals surface area (Å²) in [5, 5.41) is 22.6. The molecule has 1 fully saturated rings. The van der Waals surface area contributed by atoms with E-state index < -0.39 is 0 Å². The van der Waals surface area contributed by atoms with Crippen molar-refractivity contribution in [2.24, 2.45) is 0 Å². The number of nitriles is 1. The van der Waals surface area contributed by atoms with E-state index in [9.17, 15) is 4.79 Å². The number of anilines is 2. The Balaban J connectivity index is 1.83. The lowest BCUT2D eigenvalue weighted by molar-refractivity contribution is 0.102. The van der Waals surface area contributed by atoms with Crippen LogP contribution in [-0.2, 0) is 0 Å². The molecular weight excluding hydrogens is 294 g/mol. The molecule has 116 valence electrons. The van der Waals surface area contributed by atoms with Crippen molar-refractivity contribution in [3.63, 3.8) is 0 Å². The summed E-state index contributed by atoms with van der Waals surface area (Å²) in [4.78, 5) is 12.4. The van der Waals surface area contributed by atoms with Crippen LogP contribution in [0.4, 0.5) is 11.4 Å². The molecule has 1 aromatic carbocycles. The number of nitrogens with zero attached hydrogens (tertiary/aromatic N) is 3. The summed E-state index contributed by atoms with van der Waals surface area (Å²) in [5.74, 6) is -0.0458. The summed E-state index contributed by atoms with van der Waals surface area (Å²) in [6, 6.07) is 9.14. The van der Waals surface area contributed by atoms with Crippen molar-refractivity contribution in [2.75, 3.05) is 17.7 Å². The molecule has 2 aromatic rings. The van der Waals surface area contributed by atoms with Gasteiger partial charge in [-0.15, -0.1) is 5.10 Å². The zero-order valence-electron chi connectivity index (χ0n) is 12.5. The number of amides is 1. The number of benzene rings is 1. The van der Waals surface area contributed by atoms with Crippen molar-refractivity contribution in [3.05, 3.63) is 41.6 Å². The van der Waals surface area contributed by atoms with E-state index in [1.54, 1.807) is 18.2 Å². The number of carbonyl (C=O) groups excluding carboxylic acids is 1. The van der Waals surface area contributed by atoms with Crippen LogP contribution in [0, 0.1) is 11.3 Å². The molecule has 0 bridgehead atoms. The standard InChI is InChI=1S/C16H15N5O2/c1-23-15-7-11(9-18-21-15)16(22)20-13-5-2-10(8-17)6-14(13)19-12-3-4-12/h2,5-7,9,12,19H,3-4H2,1H3,(H,20,22). The van der Waals surface area contributed by atoms with Crippen LogP contribution >= 0.6 is 0 Å². The monoisotopic (exact) mass is 309 g/mol. The topological polar surface area (TPSA) is 99.9 Å². The lowest BCUT2D eigenvalue weighted by atomic mass is 10.1. The number of hydrogen-bond acceptors (Lipinski definition) is 6. The SMILES string of the molecule is COc1cc(C(=O)Nc2ccc(C#N)cc2NC2CC2)cnn1. The average molecular weight is 309 g/mol. The van der Waals surface area contributed by atoms with Gasteiger partial charge in [0.1, 0.15) is 0 Å². The van der Waals surface area contributed by atoms with Crippen molar-refractivity contribution in [2.45, 2.75) is 18.9 Å². The number of methoxy groups -OCH3 is 1. The highest BCUT2D eigenvalue weighted by Crippen LogP contribution is 2.30. The Hall–Kier alpha value is -3.14. The van der Waals surface area contributed by atoms with Gasteiger partial charge in [-0.1, -0.05) is 0 Å². The molecule has 3 rings (SSSR count). The number of carbonyl (C=O) groups is 1. The Labute approximate surface area is 133 Å². The summed E-state index contributed by atoms with van der Waals surface area (Å²) in [7, 11) is 1.46. The zero-order valence-corrected chi connectivity index (χ0v) is 12.5.